The van der Waals surface area contributed by atoms with Crippen molar-refractivity contribution in [3.63, 3.8) is 0 Å². The fourth-order valence-electron chi connectivity index (χ4n) is 4.03. The van der Waals surface area contributed by atoms with Crippen LogP contribution in [0.5, 0.6) is 0 Å². The lowest BCUT2D eigenvalue weighted by atomic mass is 9.89. The minimum absolute atomic E-state index is 0.161. The zero-order valence-electron chi connectivity index (χ0n) is 14.4. The Kier molecular flexibility index (Phi) is 4.61. The highest BCUT2D eigenvalue weighted by molar-refractivity contribution is 5.77. The summed E-state index contributed by atoms with van der Waals surface area (Å²) in [5.74, 6) is 0.307. The van der Waals surface area contributed by atoms with Crippen molar-refractivity contribution in [3.8, 4) is 0 Å². The molecule has 6 heteroatoms. The van der Waals surface area contributed by atoms with Gasteiger partial charge in [0.15, 0.2) is 0 Å². The van der Waals surface area contributed by atoms with Gasteiger partial charge >= 0.3 is 6.03 Å². The van der Waals surface area contributed by atoms with Crippen molar-refractivity contribution >= 4 is 11.9 Å². The van der Waals surface area contributed by atoms with E-state index in [2.05, 4.69) is 10.2 Å². The van der Waals surface area contributed by atoms with Gasteiger partial charge in [-0.1, -0.05) is 30.3 Å². The van der Waals surface area contributed by atoms with Gasteiger partial charge in [-0.2, -0.15) is 5.06 Å². The molecule has 2 saturated heterocycles. The van der Waals surface area contributed by atoms with Crippen LogP contribution in [-0.2, 0) is 9.63 Å². The van der Waals surface area contributed by atoms with Gasteiger partial charge in [-0.3, -0.25) is 4.79 Å². The number of nitrogens with one attached hydrogen (secondary N) is 1. The largest absolute Gasteiger partial charge is 0.344 e. The van der Waals surface area contributed by atoms with Crippen LogP contribution in [0.1, 0.15) is 56.7 Å². The summed E-state index contributed by atoms with van der Waals surface area (Å²) >= 11 is 0. The number of piperidine rings is 1. The van der Waals surface area contributed by atoms with E-state index in [-0.39, 0.29) is 18.3 Å². The Morgan fingerprint density at radius 2 is 1.84 bits per heavy atom. The molecule has 3 fully saturated rings. The molecule has 1 unspecified atom stereocenters. The summed E-state index contributed by atoms with van der Waals surface area (Å²) in [6.07, 6.45) is 6.37. The fourth-order valence-corrected chi connectivity index (χ4v) is 4.03. The normalized spacial score (nSPS) is 29.4. The molecule has 0 radical (unpaired) electrons. The van der Waals surface area contributed by atoms with E-state index in [1.54, 1.807) is 0 Å². The molecule has 2 heterocycles. The molecular weight excluding hydrogens is 318 g/mol. The molecule has 0 bridgehead atoms. The van der Waals surface area contributed by atoms with Gasteiger partial charge in [-0.15, -0.1) is 0 Å². The third-order valence-corrected chi connectivity index (χ3v) is 5.49. The molecule has 0 spiro atoms. The first-order chi connectivity index (χ1) is 12.2. The SMILES string of the molecule is O=C1CCCCN1C1CCC(NC(=O)N2OC2c2ccccc2)CC1. The topological polar surface area (TPSA) is 65.0 Å². The van der Waals surface area contributed by atoms with Gasteiger partial charge in [-0.05, 0) is 38.5 Å². The Balaban J connectivity index is 1.24. The van der Waals surface area contributed by atoms with E-state index >= 15 is 0 Å². The monoisotopic (exact) mass is 343 g/mol. The fraction of sp³-hybridized carbons (Fsp3) is 0.579. The van der Waals surface area contributed by atoms with Crippen molar-refractivity contribution in [1.82, 2.24) is 15.3 Å². The Morgan fingerprint density at radius 3 is 2.56 bits per heavy atom. The first kappa shape index (κ1) is 16.4. The summed E-state index contributed by atoms with van der Waals surface area (Å²) in [5, 5.41) is 4.47. The van der Waals surface area contributed by atoms with Crippen molar-refractivity contribution in [3.05, 3.63) is 35.9 Å². The molecule has 3 amide bonds. The molecule has 1 atom stereocenters. The number of amides is 3. The van der Waals surface area contributed by atoms with Gasteiger partial charge in [0, 0.05) is 30.6 Å². The molecule has 6 nitrogen and oxygen atoms in total. The Hall–Kier alpha value is -2.08. The summed E-state index contributed by atoms with van der Waals surface area (Å²) in [7, 11) is 0. The molecule has 134 valence electrons. The maximum atomic E-state index is 12.3. The molecule has 25 heavy (non-hydrogen) atoms. The van der Waals surface area contributed by atoms with E-state index in [9.17, 15) is 9.59 Å². The highest BCUT2D eigenvalue weighted by Crippen LogP contribution is 2.37. The van der Waals surface area contributed by atoms with Crippen LogP contribution in [-0.4, -0.2) is 40.5 Å². The summed E-state index contributed by atoms with van der Waals surface area (Å²) < 4.78 is 0. The smallest absolute Gasteiger partial charge is 0.340 e. The van der Waals surface area contributed by atoms with Crippen LogP contribution in [0.3, 0.4) is 0 Å². The van der Waals surface area contributed by atoms with Crippen LogP contribution in [0.25, 0.3) is 0 Å². The molecule has 4 rings (SSSR count). The standard InChI is InChI=1S/C19H25N3O3/c23-17-8-4-5-13-21(17)16-11-9-15(10-12-16)20-19(24)22-18(25-22)14-6-2-1-3-7-14/h1-3,6-7,15-16,18H,4-5,8-13H2,(H,20,24). The van der Waals surface area contributed by atoms with Crippen LogP contribution in [0.15, 0.2) is 30.3 Å². The number of carbonyl (C=O) groups is 2. The molecule has 1 aromatic carbocycles. The minimum atomic E-state index is -0.261. The lowest BCUT2D eigenvalue weighted by Gasteiger charge is -2.39. The lowest BCUT2D eigenvalue weighted by Crippen LogP contribution is -2.48. The van der Waals surface area contributed by atoms with Gasteiger partial charge in [0.2, 0.25) is 12.1 Å². The van der Waals surface area contributed by atoms with E-state index in [0.29, 0.717) is 18.4 Å². The third kappa shape index (κ3) is 3.63. The number of rotatable bonds is 3. The van der Waals surface area contributed by atoms with Crippen molar-refractivity contribution in [2.45, 2.75) is 63.3 Å². The highest BCUT2D eigenvalue weighted by Gasteiger charge is 2.43. The average molecular weight is 343 g/mol. The van der Waals surface area contributed by atoms with Crippen LogP contribution < -0.4 is 5.32 Å². The predicted octanol–water partition coefficient (Wildman–Crippen LogP) is 2.97. The van der Waals surface area contributed by atoms with Crippen molar-refractivity contribution in [2.24, 2.45) is 0 Å². The van der Waals surface area contributed by atoms with E-state index < -0.39 is 0 Å². The Morgan fingerprint density at radius 1 is 1.08 bits per heavy atom. The highest BCUT2D eigenvalue weighted by atomic mass is 16.8. The first-order valence-corrected chi connectivity index (χ1v) is 9.33. The zero-order valence-corrected chi connectivity index (χ0v) is 14.4. The number of nitrogens with zero attached hydrogens (tertiary/aromatic N) is 2. The molecular formula is C19H25N3O3. The second kappa shape index (κ2) is 7.04. The van der Waals surface area contributed by atoms with Gasteiger partial charge < -0.3 is 10.2 Å². The molecule has 1 N–H and O–H groups in total. The second-order valence-electron chi connectivity index (χ2n) is 7.19. The third-order valence-electron chi connectivity index (χ3n) is 5.49. The average Bonchev–Trinajstić information content (AvgIpc) is 3.45. The molecule has 1 aromatic rings. The van der Waals surface area contributed by atoms with Crippen molar-refractivity contribution in [1.29, 1.82) is 0 Å². The van der Waals surface area contributed by atoms with Gasteiger partial charge in [0.05, 0.1) is 0 Å². The second-order valence-corrected chi connectivity index (χ2v) is 7.19. The number of hydrogen-bond acceptors (Lipinski definition) is 3. The lowest BCUT2D eigenvalue weighted by molar-refractivity contribution is -0.136. The molecule has 0 aromatic heterocycles. The number of hydroxylamine groups is 2. The molecule has 1 saturated carbocycles. The van der Waals surface area contributed by atoms with Crippen LogP contribution in [0.4, 0.5) is 4.79 Å². The van der Waals surface area contributed by atoms with E-state index in [1.165, 1.54) is 5.06 Å². The van der Waals surface area contributed by atoms with Crippen molar-refractivity contribution in [2.75, 3.05) is 6.54 Å². The Labute approximate surface area is 148 Å². The molecule has 2 aliphatic heterocycles. The predicted molar refractivity (Wildman–Crippen MR) is 92.2 cm³/mol. The maximum absolute atomic E-state index is 12.3. The summed E-state index contributed by atoms with van der Waals surface area (Å²) in [6, 6.07) is 10.1. The summed E-state index contributed by atoms with van der Waals surface area (Å²) in [6.45, 7) is 0.904. The van der Waals surface area contributed by atoms with Gasteiger partial charge in [-0.25, -0.2) is 9.63 Å². The minimum Gasteiger partial charge on any atom is -0.340 e. The maximum Gasteiger partial charge on any atom is 0.344 e. The van der Waals surface area contributed by atoms with Crippen LogP contribution in [0, 0.1) is 0 Å². The van der Waals surface area contributed by atoms with Gasteiger partial charge in [0.25, 0.3) is 0 Å². The Bertz CT molecular complexity index is 628. The number of benzene rings is 1. The number of hydrogen-bond donors (Lipinski definition) is 1. The van der Waals surface area contributed by atoms with Crippen molar-refractivity contribution < 1.29 is 14.4 Å². The quantitative estimate of drug-likeness (QED) is 0.858. The number of carbonyl (C=O) groups excluding carboxylic acids is 2. The zero-order chi connectivity index (χ0) is 17.2. The van der Waals surface area contributed by atoms with E-state index in [4.69, 9.17) is 4.84 Å². The van der Waals surface area contributed by atoms with E-state index in [0.717, 1.165) is 50.6 Å². The summed E-state index contributed by atoms with van der Waals surface area (Å²) in [5.41, 5.74) is 0.991. The van der Waals surface area contributed by atoms with Gasteiger partial charge in [0.1, 0.15) is 0 Å². The first-order valence-electron chi connectivity index (χ1n) is 9.33. The number of urea groups is 1. The number of likely N-dealkylation sites (tertiary alicyclic amines) is 1. The van der Waals surface area contributed by atoms with Crippen LogP contribution >= 0.6 is 0 Å². The molecule has 1 aliphatic carbocycles. The molecule has 3 aliphatic rings. The summed E-state index contributed by atoms with van der Waals surface area (Å²) in [4.78, 5) is 31.8. The van der Waals surface area contributed by atoms with Crippen LogP contribution in [0.2, 0.25) is 0 Å². The van der Waals surface area contributed by atoms with E-state index in [1.807, 2.05) is 30.3 Å².